The number of ether oxygens (including phenoxy) is 1. The predicted octanol–water partition coefficient (Wildman–Crippen LogP) is 5.38. The topological polar surface area (TPSA) is 53.9 Å². The van der Waals surface area contributed by atoms with Crippen molar-refractivity contribution in [1.82, 2.24) is 5.43 Å². The number of hydrogen-bond donors (Lipinski definition) is 1. The zero-order chi connectivity index (χ0) is 22.8. The molecule has 172 valence electrons. The van der Waals surface area contributed by atoms with Crippen molar-refractivity contribution in [3.8, 4) is 5.75 Å². The number of hydrogen-bond acceptors (Lipinski definition) is 4. The zero-order valence-electron chi connectivity index (χ0n) is 18.6. The van der Waals surface area contributed by atoms with Gasteiger partial charge in [-0.3, -0.25) is 4.79 Å². The molecule has 8 heteroatoms. The molecular formula is C24H28F3N3O2. The van der Waals surface area contributed by atoms with Crippen molar-refractivity contribution in [2.45, 2.75) is 76.9 Å². The monoisotopic (exact) mass is 447 g/mol. The van der Waals surface area contributed by atoms with Crippen molar-refractivity contribution in [3.63, 3.8) is 0 Å². The van der Waals surface area contributed by atoms with E-state index in [-0.39, 0.29) is 24.0 Å². The Bertz CT molecular complexity index is 1010. The SMILES string of the molecule is CCC(c1cc2c(cc1[C@H](C)C(F)(F)F)OCC1=NNC(=O)[C@@H](C)N12)C1CC2=C(CC2)C1. The smallest absolute Gasteiger partial charge is 0.395 e. The van der Waals surface area contributed by atoms with Gasteiger partial charge in [0.1, 0.15) is 18.4 Å². The zero-order valence-corrected chi connectivity index (χ0v) is 18.6. The molecule has 0 fully saturated rings. The molecule has 4 aliphatic rings. The van der Waals surface area contributed by atoms with Gasteiger partial charge in [-0.05, 0) is 81.0 Å². The highest BCUT2D eigenvalue weighted by molar-refractivity contribution is 6.09. The van der Waals surface area contributed by atoms with Crippen molar-refractivity contribution in [2.24, 2.45) is 11.0 Å². The third-order valence-corrected chi connectivity index (χ3v) is 7.73. The number of fused-ring (bicyclic) bond motifs is 3. The van der Waals surface area contributed by atoms with Crippen LogP contribution in [0.2, 0.25) is 0 Å². The maximum absolute atomic E-state index is 13.9. The fraction of sp³-hybridized carbons (Fsp3) is 0.583. The number of allylic oxidation sites excluding steroid dienone is 2. The summed E-state index contributed by atoms with van der Waals surface area (Å²) in [5.41, 5.74) is 7.16. The second-order valence-corrected chi connectivity index (χ2v) is 9.44. The number of rotatable bonds is 4. The summed E-state index contributed by atoms with van der Waals surface area (Å²) in [4.78, 5) is 14.1. The van der Waals surface area contributed by atoms with Crippen molar-refractivity contribution in [3.05, 3.63) is 34.4 Å². The van der Waals surface area contributed by atoms with Crippen LogP contribution in [0.15, 0.2) is 28.4 Å². The Balaban J connectivity index is 1.63. The van der Waals surface area contributed by atoms with Crippen LogP contribution in [-0.2, 0) is 4.79 Å². The van der Waals surface area contributed by atoms with E-state index >= 15 is 0 Å². The largest absolute Gasteiger partial charge is 0.483 e. The van der Waals surface area contributed by atoms with Gasteiger partial charge < -0.3 is 9.64 Å². The molecule has 2 aliphatic carbocycles. The summed E-state index contributed by atoms with van der Waals surface area (Å²) in [6.07, 6.45) is 0.643. The molecule has 5 rings (SSSR count). The Morgan fingerprint density at radius 1 is 1.22 bits per heavy atom. The standard InChI is InChI=1S/C24H28F3N3O2/c1-4-17(16-7-14-5-6-15(14)8-16)19-9-20-21(10-18(19)12(2)24(25,26)27)32-11-22-28-29-23(31)13(3)30(20)22/h9-10,12-13,16-17H,4-8,11H2,1-3H3,(H,29,31)/t12-,13+,17?/m0/s1. The Morgan fingerprint density at radius 2 is 1.91 bits per heavy atom. The Labute approximate surface area is 185 Å². The number of carbonyl (C=O) groups excluding carboxylic acids is 1. The van der Waals surface area contributed by atoms with E-state index < -0.39 is 18.1 Å². The molecule has 1 aromatic carbocycles. The number of hydrazone groups is 1. The van der Waals surface area contributed by atoms with Crippen LogP contribution in [0, 0.1) is 5.92 Å². The van der Waals surface area contributed by atoms with Crippen LogP contribution in [0.25, 0.3) is 0 Å². The molecule has 1 unspecified atom stereocenters. The van der Waals surface area contributed by atoms with Gasteiger partial charge in [0.2, 0.25) is 0 Å². The van der Waals surface area contributed by atoms with Crippen molar-refractivity contribution >= 4 is 17.4 Å². The second kappa shape index (κ2) is 7.52. The number of halogens is 3. The molecular weight excluding hydrogens is 419 g/mol. The van der Waals surface area contributed by atoms with Crippen LogP contribution in [0.1, 0.15) is 75.8 Å². The molecule has 0 aromatic heterocycles. The highest BCUT2D eigenvalue weighted by Gasteiger charge is 2.43. The van der Waals surface area contributed by atoms with E-state index in [1.54, 1.807) is 17.9 Å². The van der Waals surface area contributed by atoms with E-state index in [2.05, 4.69) is 17.5 Å². The lowest BCUT2D eigenvalue weighted by Gasteiger charge is -2.39. The molecule has 1 amide bonds. The van der Waals surface area contributed by atoms with Gasteiger partial charge in [0, 0.05) is 0 Å². The molecule has 1 N–H and O–H groups in total. The van der Waals surface area contributed by atoms with Gasteiger partial charge in [0.25, 0.3) is 5.91 Å². The molecule has 32 heavy (non-hydrogen) atoms. The summed E-state index contributed by atoms with van der Waals surface area (Å²) in [6.45, 7) is 5.16. The molecule has 0 radical (unpaired) electrons. The molecule has 0 bridgehead atoms. The lowest BCUT2D eigenvalue weighted by molar-refractivity contribution is -0.146. The number of alkyl halides is 3. The van der Waals surface area contributed by atoms with Crippen LogP contribution in [0.3, 0.4) is 0 Å². The normalized spacial score (nSPS) is 24.6. The van der Waals surface area contributed by atoms with Gasteiger partial charge in [-0.25, -0.2) is 5.43 Å². The molecule has 1 aromatic rings. The lowest BCUT2D eigenvalue weighted by atomic mass is 9.77. The summed E-state index contributed by atoms with van der Waals surface area (Å²) < 4.78 is 47.4. The number of carbonyl (C=O) groups is 1. The van der Waals surface area contributed by atoms with E-state index in [9.17, 15) is 18.0 Å². The molecule has 2 heterocycles. The third-order valence-electron chi connectivity index (χ3n) is 7.73. The number of amidine groups is 1. The maximum Gasteiger partial charge on any atom is 0.395 e. The van der Waals surface area contributed by atoms with Crippen LogP contribution in [-0.4, -0.2) is 30.6 Å². The first-order valence-corrected chi connectivity index (χ1v) is 11.4. The predicted molar refractivity (Wildman–Crippen MR) is 116 cm³/mol. The second-order valence-electron chi connectivity index (χ2n) is 9.44. The van der Waals surface area contributed by atoms with Gasteiger partial charge in [0.15, 0.2) is 5.84 Å². The summed E-state index contributed by atoms with van der Waals surface area (Å²) in [5, 5.41) is 4.11. The fourth-order valence-corrected chi connectivity index (χ4v) is 5.74. The van der Waals surface area contributed by atoms with Crippen molar-refractivity contribution in [1.29, 1.82) is 0 Å². The van der Waals surface area contributed by atoms with Crippen LogP contribution in [0.4, 0.5) is 18.9 Å². The first-order chi connectivity index (χ1) is 15.2. The molecule has 0 saturated carbocycles. The van der Waals surface area contributed by atoms with Crippen LogP contribution >= 0.6 is 0 Å². The van der Waals surface area contributed by atoms with Gasteiger partial charge in [-0.2, -0.15) is 18.3 Å². The Kier molecular flexibility index (Phi) is 5.02. The lowest BCUT2D eigenvalue weighted by Crippen LogP contribution is -2.55. The van der Waals surface area contributed by atoms with E-state index in [1.165, 1.54) is 18.1 Å². The van der Waals surface area contributed by atoms with Gasteiger partial charge in [-0.1, -0.05) is 18.1 Å². The average molecular weight is 448 g/mol. The maximum atomic E-state index is 13.9. The quantitative estimate of drug-likeness (QED) is 0.631. The molecule has 3 atom stereocenters. The third kappa shape index (κ3) is 3.30. The summed E-state index contributed by atoms with van der Waals surface area (Å²) in [5.74, 6) is -0.568. The van der Waals surface area contributed by atoms with E-state index in [0.717, 1.165) is 37.7 Å². The van der Waals surface area contributed by atoms with Crippen molar-refractivity contribution < 1.29 is 22.7 Å². The molecule has 5 nitrogen and oxygen atoms in total. The van der Waals surface area contributed by atoms with Crippen LogP contribution in [0.5, 0.6) is 5.75 Å². The summed E-state index contributed by atoms with van der Waals surface area (Å²) >= 11 is 0. The first-order valence-electron chi connectivity index (χ1n) is 11.4. The van der Waals surface area contributed by atoms with Crippen molar-refractivity contribution in [2.75, 3.05) is 11.5 Å². The van der Waals surface area contributed by atoms with Gasteiger partial charge in [0.05, 0.1) is 11.6 Å². The van der Waals surface area contributed by atoms with E-state index in [4.69, 9.17) is 4.74 Å². The summed E-state index contributed by atoms with van der Waals surface area (Å²) in [6, 6.07) is 2.89. The minimum atomic E-state index is -4.35. The number of nitrogens with one attached hydrogen (secondary N) is 1. The van der Waals surface area contributed by atoms with Gasteiger partial charge in [-0.15, -0.1) is 0 Å². The first kappa shape index (κ1) is 21.3. The summed E-state index contributed by atoms with van der Waals surface area (Å²) in [7, 11) is 0. The highest BCUT2D eigenvalue weighted by atomic mass is 19.4. The number of amides is 1. The Morgan fingerprint density at radius 3 is 2.50 bits per heavy atom. The highest BCUT2D eigenvalue weighted by Crippen LogP contribution is 2.53. The minimum absolute atomic E-state index is 0.0157. The number of benzene rings is 1. The van der Waals surface area contributed by atoms with Gasteiger partial charge >= 0.3 is 6.18 Å². The van der Waals surface area contributed by atoms with E-state index in [1.807, 2.05) is 6.07 Å². The van der Waals surface area contributed by atoms with Crippen LogP contribution < -0.4 is 15.1 Å². The Hall–Kier alpha value is -2.51. The molecule has 0 spiro atoms. The molecule has 0 saturated heterocycles. The average Bonchev–Trinajstić information content (AvgIpc) is 3.03. The molecule has 2 aliphatic heterocycles. The fourth-order valence-electron chi connectivity index (χ4n) is 5.74. The number of nitrogens with zero attached hydrogens (tertiary/aromatic N) is 2. The minimum Gasteiger partial charge on any atom is -0.483 e. The van der Waals surface area contributed by atoms with E-state index in [0.29, 0.717) is 23.2 Å². The number of anilines is 1.